The molecule has 0 heterocycles. The molecule has 0 saturated heterocycles. The van der Waals surface area contributed by atoms with Crippen molar-refractivity contribution in [2.45, 2.75) is 63.2 Å². The van der Waals surface area contributed by atoms with Gasteiger partial charge in [0.2, 0.25) is 0 Å². The van der Waals surface area contributed by atoms with Gasteiger partial charge in [0.1, 0.15) is 0 Å². The largest absolute Gasteiger partial charge is 0.417 e. The lowest BCUT2D eigenvalue weighted by molar-refractivity contribution is 0.236. The van der Waals surface area contributed by atoms with Gasteiger partial charge in [0.25, 0.3) is 0 Å². The molecule has 0 aromatic heterocycles. The van der Waals surface area contributed by atoms with Gasteiger partial charge in [-0.3, -0.25) is 4.90 Å². The van der Waals surface area contributed by atoms with E-state index < -0.39 is 8.32 Å². The molecule has 1 atom stereocenters. The molecular weight excluding hydrogens is 426 g/mol. The van der Waals surface area contributed by atoms with E-state index in [0.29, 0.717) is 4.83 Å². The topological polar surface area (TPSA) is 12.5 Å². The normalized spacial score (nSPS) is 13.7. The highest BCUT2D eigenvalue weighted by Crippen LogP contribution is 2.36. The number of rotatable bonds is 10. The van der Waals surface area contributed by atoms with Crippen molar-refractivity contribution in [1.82, 2.24) is 4.90 Å². The molecule has 0 radical (unpaired) electrons. The predicted molar refractivity (Wildman–Crippen MR) is 127 cm³/mol. The summed E-state index contributed by atoms with van der Waals surface area (Å²) < 4.78 is 6.37. The second-order valence-corrected chi connectivity index (χ2v) is 15.2. The maximum atomic E-state index is 6.37. The molecule has 0 fully saturated rings. The van der Waals surface area contributed by atoms with Gasteiger partial charge in [-0.25, -0.2) is 0 Å². The maximum Gasteiger partial charge on any atom is 0.191 e. The van der Waals surface area contributed by atoms with Crippen LogP contribution in [0.1, 0.15) is 38.3 Å². The molecule has 0 saturated carbocycles. The van der Waals surface area contributed by atoms with Gasteiger partial charge in [0.15, 0.2) is 8.32 Å². The van der Waals surface area contributed by atoms with Gasteiger partial charge >= 0.3 is 0 Å². The molecule has 0 aliphatic carbocycles. The highest BCUT2D eigenvalue weighted by atomic mass is 79.9. The summed E-state index contributed by atoms with van der Waals surface area (Å²) in [4.78, 5) is 2.95. The minimum Gasteiger partial charge on any atom is -0.417 e. The molecule has 0 bridgehead atoms. The molecule has 28 heavy (non-hydrogen) atoms. The van der Waals surface area contributed by atoms with E-state index in [9.17, 15) is 0 Å². The van der Waals surface area contributed by atoms with Crippen LogP contribution in [0.15, 0.2) is 60.7 Å². The van der Waals surface area contributed by atoms with Gasteiger partial charge in [0, 0.05) is 31.1 Å². The molecule has 2 aromatic carbocycles. The molecule has 2 rings (SSSR count). The Morgan fingerprint density at radius 2 is 1.36 bits per heavy atom. The number of halogens is 1. The Balaban J connectivity index is 1.93. The zero-order valence-corrected chi connectivity index (χ0v) is 20.7. The van der Waals surface area contributed by atoms with Gasteiger partial charge in [-0.1, -0.05) is 97.4 Å². The second kappa shape index (κ2) is 10.7. The van der Waals surface area contributed by atoms with E-state index in [1.807, 2.05) is 0 Å². The monoisotopic (exact) mass is 461 g/mol. The third-order valence-electron chi connectivity index (χ3n) is 5.65. The van der Waals surface area contributed by atoms with Crippen LogP contribution in [0.25, 0.3) is 0 Å². The van der Waals surface area contributed by atoms with Gasteiger partial charge in [-0.2, -0.15) is 0 Å². The number of hydrogen-bond donors (Lipinski definition) is 0. The van der Waals surface area contributed by atoms with Gasteiger partial charge < -0.3 is 4.43 Å². The highest BCUT2D eigenvalue weighted by Gasteiger charge is 2.37. The SMILES string of the molecule is CC(C)(C)[Si](C)(C)OCC[C@@H](Br)CN(Cc1ccccc1)Cc1ccccc1. The first kappa shape index (κ1) is 23.3. The van der Waals surface area contributed by atoms with Crippen molar-refractivity contribution in [3.8, 4) is 0 Å². The Kier molecular flexibility index (Phi) is 8.94. The molecule has 2 nitrogen and oxygen atoms in total. The van der Waals surface area contributed by atoms with Crippen LogP contribution in [0.4, 0.5) is 0 Å². The summed E-state index contributed by atoms with van der Waals surface area (Å²) in [5.74, 6) is 0. The molecule has 0 N–H and O–H groups in total. The van der Waals surface area contributed by atoms with Crippen LogP contribution in [0.2, 0.25) is 18.1 Å². The summed E-state index contributed by atoms with van der Waals surface area (Å²) >= 11 is 3.92. The first-order valence-corrected chi connectivity index (χ1v) is 14.1. The van der Waals surface area contributed by atoms with Crippen LogP contribution in [-0.4, -0.2) is 31.2 Å². The summed E-state index contributed by atoms with van der Waals surface area (Å²) in [6, 6.07) is 21.5. The van der Waals surface area contributed by atoms with Crippen LogP contribution >= 0.6 is 15.9 Å². The quantitative estimate of drug-likeness (QED) is 0.282. The molecule has 0 spiro atoms. The van der Waals surface area contributed by atoms with Crippen molar-refractivity contribution in [2.24, 2.45) is 0 Å². The van der Waals surface area contributed by atoms with Crippen molar-refractivity contribution < 1.29 is 4.43 Å². The molecule has 0 aliphatic heterocycles. The van der Waals surface area contributed by atoms with E-state index in [4.69, 9.17) is 4.43 Å². The van der Waals surface area contributed by atoms with Crippen LogP contribution in [-0.2, 0) is 17.5 Å². The molecule has 4 heteroatoms. The average Bonchev–Trinajstić information content (AvgIpc) is 2.62. The lowest BCUT2D eigenvalue weighted by Gasteiger charge is -2.36. The molecule has 2 aromatic rings. The van der Waals surface area contributed by atoms with E-state index in [1.54, 1.807) is 0 Å². The van der Waals surface area contributed by atoms with Crippen molar-refractivity contribution in [2.75, 3.05) is 13.2 Å². The third-order valence-corrected chi connectivity index (χ3v) is 10.9. The second-order valence-electron chi connectivity index (χ2n) is 9.14. The van der Waals surface area contributed by atoms with E-state index in [-0.39, 0.29) is 5.04 Å². The third kappa shape index (κ3) is 7.82. The summed E-state index contributed by atoms with van der Waals surface area (Å²) in [6.07, 6.45) is 1.03. The Bertz CT molecular complexity index is 643. The minimum absolute atomic E-state index is 0.265. The van der Waals surface area contributed by atoms with Crippen molar-refractivity contribution in [1.29, 1.82) is 0 Å². The fourth-order valence-corrected chi connectivity index (χ4v) is 4.56. The molecule has 0 aliphatic rings. The van der Waals surface area contributed by atoms with Crippen molar-refractivity contribution in [3.63, 3.8) is 0 Å². The fraction of sp³-hybridized carbons (Fsp3) is 0.500. The molecular formula is C24H36BrNOSi. The van der Waals surface area contributed by atoms with Crippen LogP contribution in [0, 0.1) is 0 Å². The van der Waals surface area contributed by atoms with Crippen molar-refractivity contribution in [3.05, 3.63) is 71.8 Å². The average molecular weight is 463 g/mol. The summed E-state index contributed by atoms with van der Waals surface area (Å²) in [7, 11) is -1.67. The molecule has 154 valence electrons. The highest BCUT2D eigenvalue weighted by molar-refractivity contribution is 9.09. The molecule has 0 unspecified atom stereocenters. The number of benzene rings is 2. The summed E-state index contributed by atoms with van der Waals surface area (Å²) in [5.41, 5.74) is 2.71. The lowest BCUT2D eigenvalue weighted by Crippen LogP contribution is -2.41. The zero-order valence-electron chi connectivity index (χ0n) is 18.1. The number of hydrogen-bond acceptors (Lipinski definition) is 2. The van der Waals surface area contributed by atoms with E-state index in [0.717, 1.165) is 32.7 Å². The predicted octanol–water partition coefficient (Wildman–Crippen LogP) is 6.86. The van der Waals surface area contributed by atoms with Crippen molar-refractivity contribution >= 4 is 24.2 Å². The van der Waals surface area contributed by atoms with Gasteiger partial charge in [0.05, 0.1) is 0 Å². The Morgan fingerprint density at radius 3 is 1.79 bits per heavy atom. The van der Waals surface area contributed by atoms with Crippen LogP contribution in [0.3, 0.4) is 0 Å². The van der Waals surface area contributed by atoms with E-state index in [1.165, 1.54) is 11.1 Å². The fourth-order valence-electron chi connectivity index (χ4n) is 2.90. The summed E-state index contributed by atoms with van der Waals surface area (Å²) in [6.45, 7) is 15.3. The standard InChI is InChI=1S/C24H36BrNOSi/c1-24(2,3)28(4,5)27-17-16-23(25)20-26(18-21-12-8-6-9-13-21)19-22-14-10-7-11-15-22/h6-15,23H,16-20H2,1-5H3/t23-/m1/s1. The van der Waals surface area contributed by atoms with Crippen LogP contribution < -0.4 is 0 Å². The van der Waals surface area contributed by atoms with Crippen LogP contribution in [0.5, 0.6) is 0 Å². The minimum atomic E-state index is -1.67. The Morgan fingerprint density at radius 1 is 0.893 bits per heavy atom. The van der Waals surface area contributed by atoms with Gasteiger partial charge in [-0.05, 0) is 35.7 Å². The smallest absolute Gasteiger partial charge is 0.191 e. The summed E-state index contributed by atoms with van der Waals surface area (Å²) in [5, 5.41) is 0.265. The number of alkyl halides is 1. The zero-order chi connectivity index (χ0) is 20.6. The lowest BCUT2D eigenvalue weighted by atomic mass is 10.1. The van der Waals surface area contributed by atoms with E-state index in [2.05, 4.69) is 115 Å². The first-order valence-electron chi connectivity index (χ1n) is 10.3. The molecule has 0 amide bonds. The van der Waals surface area contributed by atoms with Gasteiger partial charge in [-0.15, -0.1) is 0 Å². The Labute approximate surface area is 181 Å². The number of nitrogens with zero attached hydrogens (tertiary/aromatic N) is 1. The van der Waals surface area contributed by atoms with E-state index >= 15 is 0 Å². The maximum absolute atomic E-state index is 6.37. The Hall–Kier alpha value is -0.943. The first-order chi connectivity index (χ1) is 13.2.